The first-order valence-corrected chi connectivity index (χ1v) is 8.93. The van der Waals surface area contributed by atoms with Crippen LogP contribution in [0.2, 0.25) is 5.02 Å². The average Bonchev–Trinajstić information content (AvgIpc) is 3.04. The first-order chi connectivity index (χ1) is 12.0. The Morgan fingerprint density at radius 1 is 1.32 bits per heavy atom. The van der Waals surface area contributed by atoms with E-state index in [0.717, 1.165) is 32.1 Å². The minimum absolute atomic E-state index is 0.0108. The fraction of sp³-hybridized carbons (Fsp3) is 0.350. The van der Waals surface area contributed by atoms with Gasteiger partial charge in [0.05, 0.1) is 5.56 Å². The number of benzene rings is 2. The van der Waals surface area contributed by atoms with Crippen molar-refractivity contribution in [1.82, 2.24) is 10.2 Å². The van der Waals surface area contributed by atoms with Gasteiger partial charge in [-0.3, -0.25) is 9.69 Å². The van der Waals surface area contributed by atoms with Gasteiger partial charge in [-0.15, -0.1) is 0 Å². The summed E-state index contributed by atoms with van der Waals surface area (Å²) in [5.41, 5.74) is 1.33. The Kier molecular flexibility index (Phi) is 5.71. The number of amides is 1. The van der Waals surface area contributed by atoms with Crippen molar-refractivity contribution in [2.24, 2.45) is 5.92 Å². The van der Waals surface area contributed by atoms with E-state index < -0.39 is 5.82 Å². The Labute approximate surface area is 152 Å². The van der Waals surface area contributed by atoms with Crippen LogP contribution in [0.1, 0.15) is 29.3 Å². The zero-order valence-corrected chi connectivity index (χ0v) is 15.0. The van der Waals surface area contributed by atoms with E-state index in [0.29, 0.717) is 5.92 Å². The first kappa shape index (κ1) is 17.9. The van der Waals surface area contributed by atoms with Crippen LogP contribution in [0.3, 0.4) is 0 Å². The van der Waals surface area contributed by atoms with Crippen molar-refractivity contribution in [2.45, 2.75) is 25.9 Å². The molecule has 1 saturated heterocycles. The van der Waals surface area contributed by atoms with Crippen molar-refractivity contribution in [1.29, 1.82) is 0 Å². The van der Waals surface area contributed by atoms with Crippen LogP contribution >= 0.6 is 11.6 Å². The second-order valence-corrected chi connectivity index (χ2v) is 7.09. The number of rotatable bonds is 5. The Bertz CT molecular complexity index is 738. The fourth-order valence-electron chi connectivity index (χ4n) is 3.33. The molecule has 0 saturated carbocycles. The number of hydrogen-bond donors (Lipinski definition) is 1. The summed E-state index contributed by atoms with van der Waals surface area (Å²) in [5.74, 6) is -0.611. The van der Waals surface area contributed by atoms with Crippen molar-refractivity contribution in [3.8, 4) is 0 Å². The smallest absolute Gasteiger partial charge is 0.254 e. The summed E-state index contributed by atoms with van der Waals surface area (Å²) in [5, 5.41) is 3.22. The molecule has 25 heavy (non-hydrogen) atoms. The Hall–Kier alpha value is -1.91. The highest BCUT2D eigenvalue weighted by Gasteiger charge is 2.28. The molecule has 0 bridgehead atoms. The maximum atomic E-state index is 13.9. The monoisotopic (exact) mass is 360 g/mol. The van der Waals surface area contributed by atoms with Gasteiger partial charge in [0.15, 0.2) is 0 Å². The number of nitrogens with zero attached hydrogens (tertiary/aromatic N) is 1. The molecule has 0 radical (unpaired) electrons. The summed E-state index contributed by atoms with van der Waals surface area (Å²) in [4.78, 5) is 14.7. The molecule has 3 nitrogen and oxygen atoms in total. The Morgan fingerprint density at radius 3 is 2.80 bits per heavy atom. The third-order valence-electron chi connectivity index (χ3n) is 4.80. The fourth-order valence-corrected chi connectivity index (χ4v) is 3.49. The maximum absolute atomic E-state index is 13.9. The zero-order chi connectivity index (χ0) is 17.8. The van der Waals surface area contributed by atoms with Crippen LogP contribution in [0.25, 0.3) is 0 Å². The predicted octanol–water partition coefficient (Wildman–Crippen LogP) is 4.12. The van der Waals surface area contributed by atoms with Crippen molar-refractivity contribution in [3.05, 3.63) is 70.5 Å². The predicted molar refractivity (Wildman–Crippen MR) is 98.2 cm³/mol. The second-order valence-electron chi connectivity index (χ2n) is 6.66. The molecule has 0 aromatic heterocycles. The second kappa shape index (κ2) is 7.98. The quantitative estimate of drug-likeness (QED) is 0.869. The van der Waals surface area contributed by atoms with E-state index in [1.165, 1.54) is 17.7 Å². The van der Waals surface area contributed by atoms with E-state index in [1.807, 2.05) is 25.1 Å². The topological polar surface area (TPSA) is 32.3 Å². The molecular formula is C20H22ClFN2O. The van der Waals surface area contributed by atoms with Crippen LogP contribution in [0, 0.1) is 11.7 Å². The van der Waals surface area contributed by atoms with Crippen LogP contribution in [0.4, 0.5) is 4.39 Å². The van der Waals surface area contributed by atoms with Gasteiger partial charge in [0.25, 0.3) is 5.91 Å². The van der Waals surface area contributed by atoms with Gasteiger partial charge in [0.1, 0.15) is 5.82 Å². The van der Waals surface area contributed by atoms with E-state index in [4.69, 9.17) is 11.6 Å². The van der Waals surface area contributed by atoms with Crippen LogP contribution < -0.4 is 5.32 Å². The summed E-state index contributed by atoms with van der Waals surface area (Å²) in [6.45, 7) is 4.85. The third-order valence-corrected chi connectivity index (χ3v) is 5.03. The van der Waals surface area contributed by atoms with Crippen LogP contribution in [0.5, 0.6) is 0 Å². The lowest BCUT2D eigenvalue weighted by atomic mass is 10.00. The average molecular weight is 361 g/mol. The highest BCUT2D eigenvalue weighted by Crippen LogP contribution is 2.22. The molecule has 132 valence electrons. The standard InChI is InChI=1S/C20H22ClFN2O/c1-14(23-20(25)18-8-7-17(21)11-19(18)22)16-9-10-24(13-16)12-15-5-3-2-4-6-15/h2-8,11,14,16H,9-10,12-13H2,1H3,(H,23,25)/t14-,16+/m1/s1. The molecule has 2 aromatic carbocycles. The molecule has 0 unspecified atom stereocenters. The summed E-state index contributed by atoms with van der Waals surface area (Å²) in [6, 6.07) is 14.5. The van der Waals surface area contributed by atoms with Gasteiger partial charge in [-0.1, -0.05) is 41.9 Å². The van der Waals surface area contributed by atoms with Gasteiger partial charge < -0.3 is 5.32 Å². The number of halogens is 2. The summed E-state index contributed by atoms with van der Waals surface area (Å²) < 4.78 is 13.9. The maximum Gasteiger partial charge on any atom is 0.254 e. The zero-order valence-electron chi connectivity index (χ0n) is 14.2. The lowest BCUT2D eigenvalue weighted by Gasteiger charge is -2.22. The summed E-state index contributed by atoms with van der Waals surface area (Å²) >= 11 is 5.74. The minimum Gasteiger partial charge on any atom is -0.349 e. The summed E-state index contributed by atoms with van der Waals surface area (Å²) in [6.07, 6.45) is 1.03. The molecule has 3 rings (SSSR count). The van der Waals surface area contributed by atoms with Gasteiger partial charge in [0, 0.05) is 24.2 Å². The first-order valence-electron chi connectivity index (χ1n) is 8.55. The highest BCUT2D eigenvalue weighted by molar-refractivity contribution is 6.30. The largest absolute Gasteiger partial charge is 0.349 e. The molecule has 1 aliphatic rings. The van der Waals surface area contributed by atoms with Gasteiger partial charge in [-0.25, -0.2) is 4.39 Å². The Balaban J connectivity index is 1.55. The van der Waals surface area contributed by atoms with Gasteiger partial charge >= 0.3 is 0 Å². The molecule has 0 spiro atoms. The molecule has 1 heterocycles. The number of nitrogens with one attached hydrogen (secondary N) is 1. The molecular weight excluding hydrogens is 339 g/mol. The van der Waals surface area contributed by atoms with Crippen LogP contribution in [-0.2, 0) is 6.54 Å². The van der Waals surface area contributed by atoms with Crippen molar-refractivity contribution in [2.75, 3.05) is 13.1 Å². The van der Waals surface area contributed by atoms with Crippen molar-refractivity contribution < 1.29 is 9.18 Å². The van der Waals surface area contributed by atoms with Crippen molar-refractivity contribution in [3.63, 3.8) is 0 Å². The number of hydrogen-bond acceptors (Lipinski definition) is 2. The SMILES string of the molecule is C[C@@H](NC(=O)c1ccc(Cl)cc1F)[C@H]1CCN(Cc2ccccc2)C1. The van der Waals surface area contributed by atoms with Gasteiger partial charge in [0.2, 0.25) is 0 Å². The van der Waals surface area contributed by atoms with E-state index in [-0.39, 0.29) is 22.5 Å². The summed E-state index contributed by atoms with van der Waals surface area (Å²) in [7, 11) is 0. The molecule has 5 heteroatoms. The lowest BCUT2D eigenvalue weighted by molar-refractivity contribution is 0.0923. The van der Waals surface area contributed by atoms with Gasteiger partial charge in [-0.2, -0.15) is 0 Å². The van der Waals surface area contributed by atoms with E-state index in [1.54, 1.807) is 0 Å². The molecule has 1 amide bonds. The number of carbonyl (C=O) groups is 1. The Morgan fingerprint density at radius 2 is 2.08 bits per heavy atom. The molecule has 1 aliphatic heterocycles. The van der Waals surface area contributed by atoms with Crippen LogP contribution in [-0.4, -0.2) is 29.9 Å². The van der Waals surface area contributed by atoms with E-state index >= 15 is 0 Å². The highest BCUT2D eigenvalue weighted by atomic mass is 35.5. The number of carbonyl (C=O) groups excluding carboxylic acids is 1. The molecule has 1 N–H and O–H groups in total. The van der Waals surface area contributed by atoms with Crippen LogP contribution in [0.15, 0.2) is 48.5 Å². The van der Waals surface area contributed by atoms with E-state index in [2.05, 4.69) is 22.3 Å². The number of likely N-dealkylation sites (tertiary alicyclic amines) is 1. The normalized spacial score (nSPS) is 18.9. The van der Waals surface area contributed by atoms with Crippen molar-refractivity contribution >= 4 is 17.5 Å². The molecule has 2 aromatic rings. The lowest BCUT2D eigenvalue weighted by Crippen LogP contribution is -2.39. The van der Waals surface area contributed by atoms with E-state index in [9.17, 15) is 9.18 Å². The molecule has 1 fully saturated rings. The molecule has 0 aliphatic carbocycles. The van der Waals surface area contributed by atoms with Gasteiger partial charge in [-0.05, 0) is 49.6 Å². The third kappa shape index (κ3) is 4.59. The molecule has 2 atom stereocenters. The minimum atomic E-state index is -0.589.